The van der Waals surface area contributed by atoms with Crippen molar-refractivity contribution in [2.24, 2.45) is 0 Å². The molecule has 110 valence electrons. The molecule has 2 aromatic rings. The molecule has 1 aromatic heterocycles. The van der Waals surface area contributed by atoms with E-state index in [0.29, 0.717) is 12.2 Å². The zero-order valence-electron chi connectivity index (χ0n) is 12.7. The van der Waals surface area contributed by atoms with Gasteiger partial charge in [-0.1, -0.05) is 13.0 Å². The number of carbonyl (C=O) groups excluding carboxylic acids is 1. The average Bonchev–Trinajstić information content (AvgIpc) is 2.54. The minimum atomic E-state index is -0.293. The van der Waals surface area contributed by atoms with Gasteiger partial charge in [-0.05, 0) is 49.2 Å². The van der Waals surface area contributed by atoms with E-state index in [1.165, 1.54) is 5.56 Å². The molecule has 0 atom stereocenters. The molecular weight excluding hydrogens is 264 g/mol. The summed E-state index contributed by atoms with van der Waals surface area (Å²) in [6.45, 7) is 4.29. The topological polar surface area (TPSA) is 42.4 Å². The Kier molecular flexibility index (Phi) is 4.93. The molecule has 0 spiro atoms. The van der Waals surface area contributed by atoms with Gasteiger partial charge >= 0.3 is 5.97 Å². The number of carbonyl (C=O) groups is 1. The summed E-state index contributed by atoms with van der Waals surface area (Å²) in [5.74, 6) is 0.641. The molecule has 1 aromatic carbocycles. The number of pyridine rings is 1. The van der Waals surface area contributed by atoms with Crippen LogP contribution in [0, 0.1) is 0 Å². The number of rotatable bonds is 5. The first-order chi connectivity index (χ1) is 10.2. The van der Waals surface area contributed by atoms with Crippen LogP contribution in [0.2, 0.25) is 0 Å². The van der Waals surface area contributed by atoms with Crippen LogP contribution in [0.5, 0.6) is 0 Å². The first-order valence-electron chi connectivity index (χ1n) is 7.12. The van der Waals surface area contributed by atoms with Gasteiger partial charge in [0.2, 0.25) is 0 Å². The summed E-state index contributed by atoms with van der Waals surface area (Å²) in [4.78, 5) is 18.1. The normalized spacial score (nSPS) is 10.2. The number of anilines is 2. The fraction of sp³-hybridized carbons (Fsp3) is 0.294. The van der Waals surface area contributed by atoms with Crippen molar-refractivity contribution in [1.82, 2.24) is 4.98 Å². The molecule has 0 N–H and O–H groups in total. The number of aromatic nitrogens is 1. The van der Waals surface area contributed by atoms with Crippen molar-refractivity contribution in [3.8, 4) is 0 Å². The summed E-state index contributed by atoms with van der Waals surface area (Å²) in [6.07, 6.45) is 2.71. The first kappa shape index (κ1) is 15.0. The number of nitrogens with zero attached hydrogens (tertiary/aromatic N) is 2. The fourth-order valence-electron chi connectivity index (χ4n) is 2.17. The van der Waals surface area contributed by atoms with Gasteiger partial charge in [0.05, 0.1) is 12.2 Å². The van der Waals surface area contributed by atoms with Crippen molar-refractivity contribution in [3.05, 3.63) is 53.7 Å². The molecule has 2 rings (SSSR count). The largest absolute Gasteiger partial charge is 0.462 e. The maximum atomic E-state index is 11.6. The van der Waals surface area contributed by atoms with E-state index in [1.54, 1.807) is 25.3 Å². The number of aryl methyl sites for hydroxylation is 1. The van der Waals surface area contributed by atoms with Crippen molar-refractivity contribution in [1.29, 1.82) is 0 Å². The summed E-state index contributed by atoms with van der Waals surface area (Å²) in [5.41, 5.74) is 2.73. The Morgan fingerprint density at radius 1 is 1.19 bits per heavy atom. The van der Waals surface area contributed by atoms with Crippen LogP contribution < -0.4 is 4.90 Å². The van der Waals surface area contributed by atoms with Gasteiger partial charge in [-0.3, -0.25) is 0 Å². The monoisotopic (exact) mass is 284 g/mol. The van der Waals surface area contributed by atoms with Gasteiger partial charge in [-0.25, -0.2) is 9.78 Å². The maximum Gasteiger partial charge on any atom is 0.338 e. The van der Waals surface area contributed by atoms with Gasteiger partial charge in [0.25, 0.3) is 0 Å². The smallest absolute Gasteiger partial charge is 0.338 e. The summed E-state index contributed by atoms with van der Waals surface area (Å²) >= 11 is 0. The highest BCUT2D eigenvalue weighted by molar-refractivity contribution is 5.90. The van der Waals surface area contributed by atoms with Crippen LogP contribution in [-0.2, 0) is 11.2 Å². The molecule has 0 aliphatic heterocycles. The zero-order chi connectivity index (χ0) is 15.2. The fourth-order valence-corrected chi connectivity index (χ4v) is 2.17. The number of benzene rings is 1. The second kappa shape index (κ2) is 6.88. The highest BCUT2D eigenvalue weighted by atomic mass is 16.5. The lowest BCUT2D eigenvalue weighted by Crippen LogP contribution is -2.13. The van der Waals surface area contributed by atoms with Crippen molar-refractivity contribution in [2.45, 2.75) is 20.3 Å². The van der Waals surface area contributed by atoms with Gasteiger partial charge in [-0.15, -0.1) is 0 Å². The second-order valence-corrected chi connectivity index (χ2v) is 4.67. The SMILES string of the molecule is CCOC(=O)c1ccc(N(C)c2ncccc2CC)cc1. The molecule has 1 heterocycles. The molecular formula is C17H20N2O2. The van der Waals surface area contributed by atoms with E-state index in [0.717, 1.165) is 17.9 Å². The lowest BCUT2D eigenvalue weighted by Gasteiger charge is -2.21. The van der Waals surface area contributed by atoms with Crippen LogP contribution in [0.3, 0.4) is 0 Å². The number of hydrogen-bond donors (Lipinski definition) is 0. The van der Waals surface area contributed by atoms with E-state index >= 15 is 0 Å². The summed E-state index contributed by atoms with van der Waals surface area (Å²) in [7, 11) is 1.97. The first-order valence-corrected chi connectivity index (χ1v) is 7.12. The predicted molar refractivity (Wildman–Crippen MR) is 84.1 cm³/mol. The Hall–Kier alpha value is -2.36. The van der Waals surface area contributed by atoms with Crippen LogP contribution in [-0.4, -0.2) is 24.6 Å². The average molecular weight is 284 g/mol. The Morgan fingerprint density at radius 3 is 2.52 bits per heavy atom. The van der Waals surface area contributed by atoms with Crippen LogP contribution in [0.25, 0.3) is 0 Å². The van der Waals surface area contributed by atoms with Gasteiger partial charge in [-0.2, -0.15) is 0 Å². The van der Waals surface area contributed by atoms with E-state index in [1.807, 2.05) is 30.1 Å². The van der Waals surface area contributed by atoms with E-state index in [-0.39, 0.29) is 5.97 Å². The van der Waals surface area contributed by atoms with Crippen molar-refractivity contribution < 1.29 is 9.53 Å². The van der Waals surface area contributed by atoms with Crippen LogP contribution in [0.4, 0.5) is 11.5 Å². The number of ether oxygens (including phenoxy) is 1. The van der Waals surface area contributed by atoms with E-state index in [2.05, 4.69) is 18.0 Å². The Morgan fingerprint density at radius 2 is 1.90 bits per heavy atom. The molecule has 0 fully saturated rings. The Bertz CT molecular complexity index is 608. The third kappa shape index (κ3) is 3.40. The maximum absolute atomic E-state index is 11.6. The number of hydrogen-bond acceptors (Lipinski definition) is 4. The molecule has 21 heavy (non-hydrogen) atoms. The van der Waals surface area contributed by atoms with E-state index in [4.69, 9.17) is 4.74 Å². The molecule has 0 aliphatic carbocycles. The molecule has 0 saturated carbocycles. The molecule has 0 radical (unpaired) electrons. The highest BCUT2D eigenvalue weighted by Gasteiger charge is 2.11. The molecule has 0 amide bonds. The van der Waals surface area contributed by atoms with Crippen LogP contribution >= 0.6 is 0 Å². The van der Waals surface area contributed by atoms with E-state index < -0.39 is 0 Å². The van der Waals surface area contributed by atoms with Crippen molar-refractivity contribution >= 4 is 17.5 Å². The van der Waals surface area contributed by atoms with Crippen LogP contribution in [0.1, 0.15) is 29.8 Å². The molecule has 0 unspecified atom stereocenters. The summed E-state index contributed by atoms with van der Waals surface area (Å²) in [6, 6.07) is 11.4. The van der Waals surface area contributed by atoms with Crippen molar-refractivity contribution in [3.63, 3.8) is 0 Å². The lowest BCUT2D eigenvalue weighted by atomic mass is 10.1. The molecule has 4 heteroatoms. The Balaban J connectivity index is 2.24. The molecule has 0 bridgehead atoms. The second-order valence-electron chi connectivity index (χ2n) is 4.67. The summed E-state index contributed by atoms with van der Waals surface area (Å²) in [5, 5.41) is 0. The predicted octanol–water partition coefficient (Wildman–Crippen LogP) is 3.59. The van der Waals surface area contributed by atoms with Crippen LogP contribution in [0.15, 0.2) is 42.6 Å². The summed E-state index contributed by atoms with van der Waals surface area (Å²) < 4.78 is 4.98. The lowest BCUT2D eigenvalue weighted by molar-refractivity contribution is 0.0526. The van der Waals surface area contributed by atoms with Crippen molar-refractivity contribution in [2.75, 3.05) is 18.6 Å². The Labute approximate surface area is 125 Å². The van der Waals surface area contributed by atoms with Gasteiger partial charge in [0.1, 0.15) is 5.82 Å². The third-order valence-corrected chi connectivity index (χ3v) is 3.33. The van der Waals surface area contributed by atoms with Gasteiger partial charge in [0, 0.05) is 18.9 Å². The minimum absolute atomic E-state index is 0.293. The molecule has 0 saturated heterocycles. The molecule has 4 nitrogen and oxygen atoms in total. The minimum Gasteiger partial charge on any atom is -0.462 e. The van der Waals surface area contributed by atoms with Gasteiger partial charge < -0.3 is 9.64 Å². The zero-order valence-corrected chi connectivity index (χ0v) is 12.7. The number of esters is 1. The quantitative estimate of drug-likeness (QED) is 0.787. The molecule has 0 aliphatic rings. The third-order valence-electron chi connectivity index (χ3n) is 3.33. The highest BCUT2D eigenvalue weighted by Crippen LogP contribution is 2.25. The van der Waals surface area contributed by atoms with Gasteiger partial charge in [0.15, 0.2) is 0 Å². The standard InChI is InChI=1S/C17H20N2O2/c1-4-13-7-6-12-18-16(13)19(3)15-10-8-14(9-11-15)17(20)21-5-2/h6-12H,4-5H2,1-3H3. The van der Waals surface area contributed by atoms with E-state index in [9.17, 15) is 4.79 Å².